The Hall–Kier alpha value is -0.610. The number of hydrogen-bond donors (Lipinski definition) is 1. The van der Waals surface area contributed by atoms with E-state index in [9.17, 15) is 0 Å². The smallest absolute Gasteiger partial charge is 0.160 e. The summed E-state index contributed by atoms with van der Waals surface area (Å²) in [5, 5.41) is 0. The van der Waals surface area contributed by atoms with Gasteiger partial charge >= 0.3 is 0 Å². The van der Waals surface area contributed by atoms with Gasteiger partial charge in [-0.25, -0.2) is 4.98 Å². The summed E-state index contributed by atoms with van der Waals surface area (Å²) in [5.74, 6) is 0. The summed E-state index contributed by atoms with van der Waals surface area (Å²) >= 11 is 4.98. The quantitative estimate of drug-likeness (QED) is 0.797. The second-order valence-electron chi connectivity index (χ2n) is 2.85. The van der Waals surface area contributed by atoms with Crippen molar-refractivity contribution < 1.29 is 0 Å². The lowest BCUT2D eigenvalue weighted by molar-refractivity contribution is 1.15. The second-order valence-corrected chi connectivity index (χ2v) is 5.16. The molecule has 1 aromatic carbocycles. The molecule has 2 aromatic rings. The summed E-state index contributed by atoms with van der Waals surface area (Å²) in [6, 6.07) is 4.14. The number of nitrogens with zero attached hydrogens (tertiary/aromatic N) is 1. The highest BCUT2D eigenvalue weighted by atomic mass is 79.9. The molecule has 2 N–H and O–H groups in total. The van der Waals surface area contributed by atoms with Crippen LogP contribution in [0, 0.1) is 0 Å². The molecular weight excluding hydrogens is 248 g/mol. The summed E-state index contributed by atoms with van der Waals surface area (Å²) in [7, 11) is 0. The van der Waals surface area contributed by atoms with Crippen molar-refractivity contribution in [3.05, 3.63) is 21.6 Å². The molecule has 2 nitrogen and oxygen atoms in total. The van der Waals surface area contributed by atoms with E-state index >= 15 is 0 Å². The lowest BCUT2D eigenvalue weighted by Crippen LogP contribution is -1.89. The molecule has 68 valence electrons. The highest BCUT2D eigenvalue weighted by Crippen LogP contribution is 2.30. The highest BCUT2D eigenvalue weighted by molar-refractivity contribution is 9.11. The second kappa shape index (κ2) is 3.27. The van der Waals surface area contributed by atoms with Crippen LogP contribution in [0.4, 0.5) is 5.69 Å². The third-order valence-electron chi connectivity index (χ3n) is 1.97. The molecule has 0 unspecified atom stereocenters. The van der Waals surface area contributed by atoms with E-state index in [4.69, 9.17) is 5.73 Å². The van der Waals surface area contributed by atoms with Crippen molar-refractivity contribution in [1.82, 2.24) is 4.98 Å². The van der Waals surface area contributed by atoms with E-state index in [0.29, 0.717) is 0 Å². The molecule has 0 aliphatic rings. The normalized spacial score (nSPS) is 10.9. The van der Waals surface area contributed by atoms with Crippen LogP contribution < -0.4 is 5.73 Å². The third-order valence-corrected chi connectivity index (χ3v) is 3.42. The van der Waals surface area contributed by atoms with Gasteiger partial charge in [0.1, 0.15) is 5.52 Å². The zero-order chi connectivity index (χ0) is 9.42. The van der Waals surface area contributed by atoms with Crippen LogP contribution in [0.15, 0.2) is 16.0 Å². The minimum Gasteiger partial charge on any atom is -0.397 e. The predicted octanol–water partition coefficient (Wildman–Crippen LogP) is 3.20. The van der Waals surface area contributed by atoms with Crippen LogP contribution in [-0.4, -0.2) is 4.98 Å². The fraction of sp³-hybridized carbons (Fsp3) is 0.222. The molecule has 0 saturated heterocycles. The first-order valence-corrected chi connectivity index (χ1v) is 5.66. The number of thiazole rings is 1. The van der Waals surface area contributed by atoms with Gasteiger partial charge in [0, 0.05) is 0 Å². The maximum atomic E-state index is 5.87. The maximum Gasteiger partial charge on any atom is 0.160 e. The molecule has 4 heteroatoms. The van der Waals surface area contributed by atoms with Gasteiger partial charge in [-0.15, -0.1) is 11.3 Å². The van der Waals surface area contributed by atoms with Crippen LogP contribution in [0.1, 0.15) is 12.5 Å². The number of nitrogen functional groups attached to an aromatic ring is 1. The molecule has 1 aromatic heterocycles. The van der Waals surface area contributed by atoms with Gasteiger partial charge < -0.3 is 5.73 Å². The lowest BCUT2D eigenvalue weighted by Gasteiger charge is -1.99. The van der Waals surface area contributed by atoms with Gasteiger partial charge in [0.15, 0.2) is 3.92 Å². The van der Waals surface area contributed by atoms with Crippen molar-refractivity contribution in [3.63, 3.8) is 0 Å². The Morgan fingerprint density at radius 1 is 1.54 bits per heavy atom. The first-order chi connectivity index (χ1) is 6.20. The molecule has 0 bridgehead atoms. The Kier molecular flexibility index (Phi) is 2.26. The van der Waals surface area contributed by atoms with Crippen LogP contribution >= 0.6 is 27.3 Å². The Labute approximate surface area is 88.9 Å². The molecule has 1 heterocycles. The molecule has 0 saturated carbocycles. The van der Waals surface area contributed by atoms with Crippen molar-refractivity contribution in [3.8, 4) is 0 Å². The zero-order valence-corrected chi connectivity index (χ0v) is 9.58. The van der Waals surface area contributed by atoms with Crippen LogP contribution in [-0.2, 0) is 6.42 Å². The molecule has 0 amide bonds. The van der Waals surface area contributed by atoms with E-state index in [0.717, 1.165) is 26.2 Å². The SMILES string of the molecule is CCc1cc(N)c2nc(Br)sc2c1. The average Bonchev–Trinajstić information content (AvgIpc) is 2.46. The first-order valence-electron chi connectivity index (χ1n) is 4.05. The molecular formula is C9H9BrN2S. The third kappa shape index (κ3) is 1.56. The van der Waals surface area contributed by atoms with Crippen LogP contribution in [0.5, 0.6) is 0 Å². The Morgan fingerprint density at radius 3 is 3.00 bits per heavy atom. The molecule has 0 aliphatic carbocycles. The number of hydrogen-bond acceptors (Lipinski definition) is 3. The van der Waals surface area contributed by atoms with Gasteiger partial charge in [0.25, 0.3) is 0 Å². The summed E-state index contributed by atoms with van der Waals surface area (Å²) < 4.78 is 2.05. The Bertz CT molecular complexity index is 450. The fourth-order valence-electron chi connectivity index (χ4n) is 1.29. The lowest BCUT2D eigenvalue weighted by atomic mass is 10.1. The topological polar surface area (TPSA) is 38.9 Å². The molecule has 13 heavy (non-hydrogen) atoms. The fourth-order valence-corrected chi connectivity index (χ4v) is 2.78. The maximum absolute atomic E-state index is 5.87. The van der Waals surface area contributed by atoms with Gasteiger partial charge in [-0.05, 0) is 40.0 Å². The molecule has 2 rings (SSSR count). The highest BCUT2D eigenvalue weighted by Gasteiger charge is 2.05. The van der Waals surface area contributed by atoms with Crippen LogP contribution in [0.25, 0.3) is 10.2 Å². The molecule has 0 spiro atoms. The summed E-state index contributed by atoms with van der Waals surface area (Å²) in [6.07, 6.45) is 1.01. The molecule has 0 atom stereocenters. The van der Waals surface area contributed by atoms with Gasteiger partial charge in [-0.3, -0.25) is 0 Å². The van der Waals surface area contributed by atoms with Gasteiger partial charge in [0.2, 0.25) is 0 Å². The molecule has 0 fully saturated rings. The largest absolute Gasteiger partial charge is 0.397 e. The monoisotopic (exact) mass is 256 g/mol. The van der Waals surface area contributed by atoms with E-state index in [-0.39, 0.29) is 0 Å². The van der Waals surface area contributed by atoms with Crippen molar-refractivity contribution in [2.75, 3.05) is 5.73 Å². The van der Waals surface area contributed by atoms with Gasteiger partial charge in [-0.2, -0.15) is 0 Å². The van der Waals surface area contributed by atoms with Crippen molar-refractivity contribution in [2.24, 2.45) is 0 Å². The minimum absolute atomic E-state index is 0.774. The van der Waals surface area contributed by atoms with E-state index in [2.05, 4.69) is 33.9 Å². The summed E-state index contributed by atoms with van der Waals surface area (Å²) in [5.41, 5.74) is 8.82. The number of rotatable bonds is 1. The number of fused-ring (bicyclic) bond motifs is 1. The Morgan fingerprint density at radius 2 is 2.31 bits per heavy atom. The predicted molar refractivity (Wildman–Crippen MR) is 61.1 cm³/mol. The molecule has 0 aliphatic heterocycles. The van der Waals surface area contributed by atoms with Crippen molar-refractivity contribution in [2.45, 2.75) is 13.3 Å². The zero-order valence-electron chi connectivity index (χ0n) is 7.17. The number of halogens is 1. The number of aryl methyl sites for hydroxylation is 1. The number of aromatic nitrogens is 1. The van der Waals surface area contributed by atoms with Gasteiger partial charge in [0.05, 0.1) is 10.4 Å². The van der Waals surface area contributed by atoms with Crippen LogP contribution in [0.3, 0.4) is 0 Å². The van der Waals surface area contributed by atoms with Crippen LogP contribution in [0.2, 0.25) is 0 Å². The summed E-state index contributed by atoms with van der Waals surface area (Å²) in [4.78, 5) is 4.30. The van der Waals surface area contributed by atoms with Crippen molar-refractivity contribution >= 4 is 43.2 Å². The number of benzene rings is 1. The number of anilines is 1. The Balaban J connectivity index is 2.75. The van der Waals surface area contributed by atoms with E-state index in [1.54, 1.807) is 11.3 Å². The first kappa shape index (κ1) is 8.97. The minimum atomic E-state index is 0.774. The van der Waals surface area contributed by atoms with E-state index in [1.807, 2.05) is 6.07 Å². The summed E-state index contributed by atoms with van der Waals surface area (Å²) in [6.45, 7) is 2.12. The van der Waals surface area contributed by atoms with Gasteiger partial charge in [-0.1, -0.05) is 6.92 Å². The average molecular weight is 257 g/mol. The molecule has 0 radical (unpaired) electrons. The van der Waals surface area contributed by atoms with Crippen molar-refractivity contribution in [1.29, 1.82) is 0 Å². The van der Waals surface area contributed by atoms with E-state index in [1.165, 1.54) is 5.56 Å². The standard InChI is InChI=1S/C9H9BrN2S/c1-2-5-3-6(11)8-7(4-5)13-9(10)12-8/h3-4H,2,11H2,1H3. The van der Waals surface area contributed by atoms with E-state index < -0.39 is 0 Å². The number of nitrogens with two attached hydrogens (primary N) is 1.